The first-order chi connectivity index (χ1) is 19.6. The van der Waals surface area contributed by atoms with Gasteiger partial charge in [0.25, 0.3) is 5.69 Å². The van der Waals surface area contributed by atoms with Gasteiger partial charge in [0.2, 0.25) is 6.79 Å². The monoisotopic (exact) mass is 557 g/mol. The Hall–Kier alpha value is -4.66. The quantitative estimate of drug-likeness (QED) is 0.0533. The van der Waals surface area contributed by atoms with E-state index in [9.17, 15) is 19.7 Å². The number of benzene rings is 3. The zero-order chi connectivity index (χ0) is 29.5. The minimum atomic E-state index is -0.736. The molecule has 1 aliphatic carbocycles. The lowest BCUT2D eigenvalue weighted by atomic mass is 9.64. The van der Waals surface area contributed by atoms with Crippen molar-refractivity contribution in [3.63, 3.8) is 0 Å². The fourth-order valence-electron chi connectivity index (χ4n) is 6.19. The number of esters is 1. The third kappa shape index (κ3) is 4.71. The Labute approximate surface area is 237 Å². The molecule has 2 aliphatic rings. The van der Waals surface area contributed by atoms with Gasteiger partial charge in [-0.3, -0.25) is 14.9 Å². The van der Waals surface area contributed by atoms with Crippen LogP contribution in [0.25, 0.3) is 21.5 Å². The van der Waals surface area contributed by atoms with Gasteiger partial charge in [0.1, 0.15) is 18.1 Å². The van der Waals surface area contributed by atoms with Crippen molar-refractivity contribution in [2.45, 2.75) is 39.2 Å². The zero-order valence-corrected chi connectivity index (χ0v) is 23.2. The van der Waals surface area contributed by atoms with Crippen molar-refractivity contribution in [1.82, 2.24) is 0 Å². The van der Waals surface area contributed by atoms with Crippen LogP contribution in [-0.4, -0.2) is 37.2 Å². The second kappa shape index (κ2) is 10.7. The SMILES string of the molecule is C=C[C@@]1(C)CCC=C(C[C@@H](C)OC(=O)c2cc3c(c4c2c([N+](=O)[O-])cc2c(OC)cccc24)OCO3)[C@H]1C(=C)C=O. The summed E-state index contributed by atoms with van der Waals surface area (Å²) in [6.07, 6.45) is 6.04. The van der Waals surface area contributed by atoms with Crippen molar-refractivity contribution in [2.24, 2.45) is 11.3 Å². The van der Waals surface area contributed by atoms with Crippen LogP contribution in [0.5, 0.6) is 17.2 Å². The molecule has 0 spiro atoms. The molecule has 0 fully saturated rings. The summed E-state index contributed by atoms with van der Waals surface area (Å²) in [6.45, 7) is 11.7. The Morgan fingerprint density at radius 1 is 1.27 bits per heavy atom. The van der Waals surface area contributed by atoms with Gasteiger partial charge < -0.3 is 18.9 Å². The number of aldehydes is 1. The zero-order valence-electron chi connectivity index (χ0n) is 23.2. The lowest BCUT2D eigenvalue weighted by molar-refractivity contribution is -0.383. The second-order valence-corrected chi connectivity index (χ2v) is 10.7. The number of ether oxygens (including phenoxy) is 4. The molecule has 0 aromatic heterocycles. The number of hydrogen-bond donors (Lipinski definition) is 0. The van der Waals surface area contributed by atoms with E-state index >= 15 is 0 Å². The van der Waals surface area contributed by atoms with Crippen molar-refractivity contribution in [2.75, 3.05) is 13.9 Å². The molecule has 5 rings (SSSR count). The summed E-state index contributed by atoms with van der Waals surface area (Å²) in [5.41, 5.74) is 0.735. The molecule has 0 N–H and O–H groups in total. The van der Waals surface area contributed by atoms with Crippen LogP contribution in [0.2, 0.25) is 0 Å². The van der Waals surface area contributed by atoms with Crippen LogP contribution in [0, 0.1) is 21.4 Å². The number of nitro benzene ring substituents is 1. The predicted octanol–water partition coefficient (Wildman–Crippen LogP) is 6.86. The van der Waals surface area contributed by atoms with Crippen molar-refractivity contribution in [3.05, 3.63) is 82.5 Å². The fraction of sp³-hybridized carbons (Fsp3) is 0.312. The summed E-state index contributed by atoms with van der Waals surface area (Å²) in [6, 6.07) is 8.09. The molecule has 0 unspecified atom stereocenters. The van der Waals surface area contributed by atoms with Gasteiger partial charge in [-0.25, -0.2) is 4.79 Å². The molecule has 1 heterocycles. The molecule has 0 radical (unpaired) electrons. The van der Waals surface area contributed by atoms with Crippen LogP contribution in [0.4, 0.5) is 5.69 Å². The molecule has 212 valence electrons. The smallest absolute Gasteiger partial charge is 0.339 e. The molecular weight excluding hydrogens is 526 g/mol. The average Bonchev–Trinajstić information content (AvgIpc) is 3.44. The van der Waals surface area contributed by atoms with Crippen LogP contribution >= 0.6 is 0 Å². The standard InChI is InChI=1S/C32H31NO8/c1-6-32(4)12-8-9-20(29(32)18(2)16-34)13-19(3)41-31(35)23-15-26-30(40-17-39-26)28-21-10-7-11-25(38-5)22(21)14-24(27(23)28)33(36)37/h6-7,9-11,14-16,19,29H,1-2,8,12-13,17H2,3-5H3/t19-,29-,32+/m1/s1. The van der Waals surface area contributed by atoms with Crippen molar-refractivity contribution in [3.8, 4) is 17.2 Å². The van der Waals surface area contributed by atoms with E-state index in [1.807, 2.05) is 13.0 Å². The third-order valence-corrected chi connectivity index (χ3v) is 8.11. The maximum atomic E-state index is 13.7. The molecular formula is C32H31NO8. The average molecular weight is 558 g/mol. The van der Waals surface area contributed by atoms with Crippen molar-refractivity contribution < 1.29 is 33.5 Å². The number of hydrogen-bond acceptors (Lipinski definition) is 8. The number of carbonyl (C=O) groups is 2. The van der Waals surface area contributed by atoms with Crippen LogP contribution in [0.3, 0.4) is 0 Å². The largest absolute Gasteiger partial charge is 0.496 e. The highest BCUT2D eigenvalue weighted by molar-refractivity contribution is 6.22. The summed E-state index contributed by atoms with van der Waals surface area (Å²) in [7, 11) is 1.48. The number of methoxy groups -OCH3 is 1. The Kier molecular flexibility index (Phi) is 7.29. The molecule has 9 nitrogen and oxygen atoms in total. The van der Waals surface area contributed by atoms with Crippen LogP contribution in [-0.2, 0) is 9.53 Å². The van der Waals surface area contributed by atoms with E-state index in [1.165, 1.54) is 19.2 Å². The molecule has 3 atom stereocenters. The van der Waals surface area contributed by atoms with Gasteiger partial charge in [-0.1, -0.05) is 43.4 Å². The van der Waals surface area contributed by atoms with Gasteiger partial charge >= 0.3 is 5.97 Å². The Balaban J connectivity index is 1.58. The first-order valence-corrected chi connectivity index (χ1v) is 13.3. The molecule has 0 saturated carbocycles. The van der Waals surface area contributed by atoms with Gasteiger partial charge in [-0.05, 0) is 48.3 Å². The summed E-state index contributed by atoms with van der Waals surface area (Å²) in [5, 5.41) is 13.9. The summed E-state index contributed by atoms with van der Waals surface area (Å²) >= 11 is 0. The lowest BCUT2D eigenvalue weighted by Gasteiger charge is -2.40. The van der Waals surface area contributed by atoms with E-state index in [0.29, 0.717) is 45.4 Å². The van der Waals surface area contributed by atoms with E-state index in [-0.39, 0.29) is 34.8 Å². The highest BCUT2D eigenvalue weighted by atomic mass is 16.7. The molecule has 0 bridgehead atoms. The Morgan fingerprint density at radius 2 is 2.05 bits per heavy atom. The molecule has 3 aromatic rings. The van der Waals surface area contributed by atoms with E-state index in [4.69, 9.17) is 18.9 Å². The van der Waals surface area contributed by atoms with Gasteiger partial charge in [-0.15, -0.1) is 6.58 Å². The lowest BCUT2D eigenvalue weighted by Crippen LogP contribution is -2.33. The van der Waals surface area contributed by atoms with Gasteiger partial charge in [-0.2, -0.15) is 0 Å². The van der Waals surface area contributed by atoms with Gasteiger partial charge in [0.05, 0.1) is 23.0 Å². The first kappa shape index (κ1) is 27.9. The molecule has 0 amide bonds. The van der Waals surface area contributed by atoms with E-state index in [1.54, 1.807) is 25.1 Å². The molecule has 41 heavy (non-hydrogen) atoms. The highest BCUT2D eigenvalue weighted by Crippen LogP contribution is 2.50. The number of nitrogens with zero attached hydrogens (tertiary/aromatic N) is 1. The number of nitro groups is 1. The Morgan fingerprint density at radius 3 is 2.73 bits per heavy atom. The number of allylic oxidation sites excluding steroid dienone is 3. The number of non-ortho nitro benzene ring substituents is 1. The van der Waals surface area contributed by atoms with Gasteiger partial charge in [0.15, 0.2) is 11.5 Å². The number of fused-ring (bicyclic) bond motifs is 5. The summed E-state index contributed by atoms with van der Waals surface area (Å²) < 4.78 is 22.7. The van der Waals surface area contributed by atoms with E-state index in [0.717, 1.165) is 24.7 Å². The van der Waals surface area contributed by atoms with Crippen LogP contribution in [0.15, 0.2) is 66.8 Å². The van der Waals surface area contributed by atoms with Crippen molar-refractivity contribution >= 4 is 39.5 Å². The minimum Gasteiger partial charge on any atom is -0.496 e. The predicted molar refractivity (Wildman–Crippen MR) is 155 cm³/mol. The Bertz CT molecular complexity index is 1650. The normalized spacial score (nSPS) is 20.3. The van der Waals surface area contributed by atoms with Gasteiger partial charge in [0, 0.05) is 29.2 Å². The van der Waals surface area contributed by atoms with Crippen LogP contribution in [0.1, 0.15) is 43.5 Å². The van der Waals surface area contributed by atoms with E-state index in [2.05, 4.69) is 19.2 Å². The third-order valence-electron chi connectivity index (χ3n) is 8.11. The fourth-order valence-corrected chi connectivity index (χ4v) is 6.19. The molecule has 9 heteroatoms. The topological polar surface area (TPSA) is 114 Å². The first-order valence-electron chi connectivity index (χ1n) is 13.3. The van der Waals surface area contributed by atoms with E-state index < -0.39 is 17.0 Å². The summed E-state index contributed by atoms with van der Waals surface area (Å²) in [4.78, 5) is 37.2. The molecule has 1 aliphatic heterocycles. The van der Waals surface area contributed by atoms with Crippen molar-refractivity contribution in [1.29, 1.82) is 0 Å². The highest BCUT2D eigenvalue weighted by Gasteiger charge is 2.38. The second-order valence-electron chi connectivity index (χ2n) is 10.7. The maximum Gasteiger partial charge on any atom is 0.339 e. The molecule has 3 aromatic carbocycles. The minimum absolute atomic E-state index is 0.00470. The number of carbonyl (C=O) groups excluding carboxylic acids is 2. The summed E-state index contributed by atoms with van der Waals surface area (Å²) in [5.74, 6) is 0.0557. The maximum absolute atomic E-state index is 13.7. The van der Waals surface area contributed by atoms with Crippen LogP contribution < -0.4 is 14.2 Å². The number of rotatable bonds is 9. The molecule has 0 saturated heterocycles.